The molecule has 0 saturated carbocycles. The van der Waals surface area contributed by atoms with Crippen LogP contribution in [0.2, 0.25) is 0 Å². The quantitative estimate of drug-likeness (QED) is 0.865. The molecule has 4 nitrogen and oxygen atoms in total. The van der Waals surface area contributed by atoms with E-state index in [1.165, 1.54) is 0 Å². The number of anilines is 1. The van der Waals surface area contributed by atoms with Crippen LogP contribution in [0.4, 0.5) is 10.5 Å². The normalized spacial score (nSPS) is 9.13. The number of nitrogens with one attached hydrogen (secondary N) is 2. The minimum Gasteiger partial charge on any atom is -0.338 e. The van der Waals surface area contributed by atoms with Crippen LogP contribution in [0.5, 0.6) is 0 Å². The first-order chi connectivity index (χ1) is 7.17. The van der Waals surface area contributed by atoms with Gasteiger partial charge in [-0.15, -0.1) is 0 Å². The second kappa shape index (κ2) is 5.37. The number of carbonyl (C=O) groups excluding carboxylic acids is 1. The molecule has 1 aromatic rings. The van der Waals surface area contributed by atoms with E-state index in [4.69, 9.17) is 5.26 Å². The molecule has 0 heterocycles. The fraction of sp³-hybridized carbons (Fsp3) is 0.200. The van der Waals surface area contributed by atoms with E-state index in [9.17, 15) is 4.79 Å². The van der Waals surface area contributed by atoms with Crippen LogP contribution in [0.3, 0.4) is 0 Å². The molecule has 0 fully saturated rings. The van der Waals surface area contributed by atoms with Gasteiger partial charge in [0, 0.05) is 11.0 Å². The Bertz CT molecular complexity index is 412. The molecular formula is C10H10BrN3O. The average molecular weight is 268 g/mol. The van der Waals surface area contributed by atoms with Crippen molar-refractivity contribution in [1.82, 2.24) is 5.32 Å². The number of hydrogen-bond donors (Lipinski definition) is 2. The molecule has 0 spiro atoms. The summed E-state index contributed by atoms with van der Waals surface area (Å²) < 4.78 is 0.813. The topological polar surface area (TPSA) is 64.9 Å². The van der Waals surface area contributed by atoms with Crippen LogP contribution in [0, 0.1) is 11.3 Å². The summed E-state index contributed by atoms with van der Waals surface area (Å²) in [5, 5.41) is 14.0. The number of nitriles is 1. The molecule has 0 aliphatic rings. The summed E-state index contributed by atoms with van der Waals surface area (Å²) in [5.41, 5.74) is 0.933. The van der Waals surface area contributed by atoms with Crippen molar-refractivity contribution in [3.8, 4) is 6.07 Å². The molecular weight excluding hydrogens is 258 g/mol. The van der Waals surface area contributed by atoms with Crippen molar-refractivity contribution in [3.05, 3.63) is 28.2 Å². The van der Waals surface area contributed by atoms with Crippen molar-refractivity contribution >= 4 is 27.6 Å². The number of rotatable bonds is 2. The van der Waals surface area contributed by atoms with Crippen LogP contribution in [-0.4, -0.2) is 12.6 Å². The molecule has 0 bridgehead atoms. The smallest absolute Gasteiger partial charge is 0.319 e. The standard InChI is InChI=1S/C10H10BrN3O/c1-2-13-10(15)14-9-5-8(11)4-3-7(9)6-12/h3-5H,2H2,1H3,(H2,13,14,15). The molecule has 2 N–H and O–H groups in total. The van der Waals surface area contributed by atoms with E-state index in [0.29, 0.717) is 17.8 Å². The average Bonchev–Trinajstić information content (AvgIpc) is 2.18. The Hall–Kier alpha value is -1.54. The fourth-order valence-electron chi connectivity index (χ4n) is 1.04. The molecule has 78 valence electrons. The van der Waals surface area contributed by atoms with Gasteiger partial charge in [-0.2, -0.15) is 5.26 Å². The first kappa shape index (κ1) is 11.5. The zero-order valence-electron chi connectivity index (χ0n) is 8.17. The maximum absolute atomic E-state index is 11.2. The summed E-state index contributed by atoms with van der Waals surface area (Å²) in [5.74, 6) is 0. The molecule has 0 atom stereocenters. The molecule has 2 amide bonds. The van der Waals surface area contributed by atoms with E-state index >= 15 is 0 Å². The number of nitrogens with zero attached hydrogens (tertiary/aromatic N) is 1. The highest BCUT2D eigenvalue weighted by Crippen LogP contribution is 2.20. The summed E-state index contributed by atoms with van der Waals surface area (Å²) in [4.78, 5) is 11.2. The van der Waals surface area contributed by atoms with Crippen molar-refractivity contribution in [2.75, 3.05) is 11.9 Å². The van der Waals surface area contributed by atoms with Crippen LogP contribution in [0.25, 0.3) is 0 Å². The number of amides is 2. The first-order valence-electron chi connectivity index (χ1n) is 4.42. The van der Waals surface area contributed by atoms with Gasteiger partial charge in [0.25, 0.3) is 0 Å². The zero-order chi connectivity index (χ0) is 11.3. The number of hydrogen-bond acceptors (Lipinski definition) is 2. The predicted octanol–water partition coefficient (Wildman–Crippen LogP) is 2.46. The van der Waals surface area contributed by atoms with Crippen LogP contribution < -0.4 is 10.6 Å². The second-order valence-electron chi connectivity index (χ2n) is 2.79. The number of halogens is 1. The highest BCUT2D eigenvalue weighted by molar-refractivity contribution is 9.10. The van der Waals surface area contributed by atoms with Crippen LogP contribution in [0.15, 0.2) is 22.7 Å². The van der Waals surface area contributed by atoms with Crippen molar-refractivity contribution in [2.45, 2.75) is 6.92 Å². The van der Waals surface area contributed by atoms with Crippen molar-refractivity contribution in [2.24, 2.45) is 0 Å². The van der Waals surface area contributed by atoms with Crippen molar-refractivity contribution < 1.29 is 4.79 Å². The predicted molar refractivity (Wildman–Crippen MR) is 61.6 cm³/mol. The first-order valence-corrected chi connectivity index (χ1v) is 5.21. The molecule has 0 unspecified atom stereocenters. The van der Waals surface area contributed by atoms with E-state index in [2.05, 4.69) is 26.6 Å². The summed E-state index contributed by atoms with van der Waals surface area (Å²) in [6.07, 6.45) is 0. The van der Waals surface area contributed by atoms with E-state index in [0.717, 1.165) is 4.47 Å². The maximum Gasteiger partial charge on any atom is 0.319 e. The van der Waals surface area contributed by atoms with Gasteiger partial charge in [0.15, 0.2) is 0 Å². The van der Waals surface area contributed by atoms with E-state index in [1.807, 2.05) is 13.0 Å². The van der Waals surface area contributed by atoms with Gasteiger partial charge in [0.2, 0.25) is 0 Å². The van der Waals surface area contributed by atoms with Crippen molar-refractivity contribution in [1.29, 1.82) is 5.26 Å². The van der Waals surface area contributed by atoms with Crippen LogP contribution in [0.1, 0.15) is 12.5 Å². The fourth-order valence-corrected chi connectivity index (χ4v) is 1.41. The van der Waals surface area contributed by atoms with Gasteiger partial charge in [0.05, 0.1) is 11.3 Å². The zero-order valence-corrected chi connectivity index (χ0v) is 9.76. The number of carbonyl (C=O) groups is 1. The SMILES string of the molecule is CCNC(=O)Nc1cc(Br)ccc1C#N. The van der Waals surface area contributed by atoms with Gasteiger partial charge in [0.1, 0.15) is 6.07 Å². The van der Waals surface area contributed by atoms with Gasteiger partial charge in [-0.1, -0.05) is 15.9 Å². The Morgan fingerprint density at radius 2 is 2.33 bits per heavy atom. The highest BCUT2D eigenvalue weighted by Gasteiger charge is 2.05. The lowest BCUT2D eigenvalue weighted by Crippen LogP contribution is -2.28. The summed E-state index contributed by atoms with van der Waals surface area (Å²) >= 11 is 3.27. The third kappa shape index (κ3) is 3.26. The lowest BCUT2D eigenvalue weighted by Gasteiger charge is -2.07. The second-order valence-corrected chi connectivity index (χ2v) is 3.70. The minimum absolute atomic E-state index is 0.313. The Labute approximate surface area is 96.4 Å². The molecule has 5 heteroatoms. The van der Waals surface area contributed by atoms with E-state index in [1.54, 1.807) is 18.2 Å². The Morgan fingerprint density at radius 3 is 2.93 bits per heavy atom. The molecule has 0 saturated heterocycles. The molecule has 1 aromatic carbocycles. The molecule has 0 radical (unpaired) electrons. The van der Waals surface area contributed by atoms with E-state index in [-0.39, 0.29) is 6.03 Å². The molecule has 0 aliphatic heterocycles. The minimum atomic E-state index is -0.313. The molecule has 15 heavy (non-hydrogen) atoms. The summed E-state index contributed by atoms with van der Waals surface area (Å²) in [6, 6.07) is 6.78. The number of urea groups is 1. The lowest BCUT2D eigenvalue weighted by atomic mass is 10.2. The highest BCUT2D eigenvalue weighted by atomic mass is 79.9. The Kier molecular flexibility index (Phi) is 4.13. The largest absolute Gasteiger partial charge is 0.338 e. The summed E-state index contributed by atoms with van der Waals surface area (Å²) in [6.45, 7) is 2.37. The monoisotopic (exact) mass is 267 g/mol. The molecule has 0 aromatic heterocycles. The van der Waals surface area contributed by atoms with Gasteiger partial charge >= 0.3 is 6.03 Å². The van der Waals surface area contributed by atoms with Gasteiger partial charge in [-0.25, -0.2) is 4.79 Å². The Balaban J connectivity index is 2.88. The third-order valence-corrected chi connectivity index (χ3v) is 2.18. The van der Waals surface area contributed by atoms with E-state index < -0.39 is 0 Å². The van der Waals surface area contributed by atoms with Gasteiger partial charge < -0.3 is 10.6 Å². The lowest BCUT2D eigenvalue weighted by molar-refractivity contribution is 0.252. The number of benzene rings is 1. The summed E-state index contributed by atoms with van der Waals surface area (Å²) in [7, 11) is 0. The molecule has 0 aliphatic carbocycles. The van der Waals surface area contributed by atoms with Crippen molar-refractivity contribution in [3.63, 3.8) is 0 Å². The van der Waals surface area contributed by atoms with Crippen LogP contribution in [-0.2, 0) is 0 Å². The van der Waals surface area contributed by atoms with Crippen LogP contribution >= 0.6 is 15.9 Å². The maximum atomic E-state index is 11.2. The van der Waals surface area contributed by atoms with Gasteiger partial charge in [-0.05, 0) is 25.1 Å². The Morgan fingerprint density at radius 1 is 1.60 bits per heavy atom. The van der Waals surface area contributed by atoms with Gasteiger partial charge in [-0.3, -0.25) is 0 Å². The third-order valence-electron chi connectivity index (χ3n) is 1.69. The molecule has 1 rings (SSSR count).